The van der Waals surface area contributed by atoms with Crippen LogP contribution in [0.3, 0.4) is 0 Å². The van der Waals surface area contributed by atoms with Gasteiger partial charge < -0.3 is 20.3 Å². The van der Waals surface area contributed by atoms with E-state index in [4.69, 9.17) is 4.74 Å². The van der Waals surface area contributed by atoms with E-state index >= 15 is 0 Å². The van der Waals surface area contributed by atoms with Crippen molar-refractivity contribution in [3.63, 3.8) is 0 Å². The molecule has 0 radical (unpaired) electrons. The van der Waals surface area contributed by atoms with E-state index in [-0.39, 0.29) is 36.4 Å². The number of nitrogens with zero attached hydrogens (tertiary/aromatic N) is 4. The largest absolute Gasteiger partial charge is 0.379 e. The molecule has 8 nitrogen and oxygen atoms in total. The molecule has 168 valence electrons. The Hall–Kier alpha value is -0.650. The first-order valence-corrected chi connectivity index (χ1v) is 10.8. The number of morpholine rings is 1. The van der Waals surface area contributed by atoms with Crippen molar-refractivity contribution in [2.45, 2.75) is 50.7 Å². The van der Waals surface area contributed by atoms with E-state index in [2.05, 4.69) is 32.3 Å². The minimum atomic E-state index is 0. The van der Waals surface area contributed by atoms with Gasteiger partial charge in [0.15, 0.2) is 5.96 Å². The molecule has 9 heteroatoms. The Kier molecular flexibility index (Phi) is 10.4. The lowest BCUT2D eigenvalue weighted by Crippen LogP contribution is -2.46. The van der Waals surface area contributed by atoms with Crippen LogP contribution in [0.5, 0.6) is 0 Å². The van der Waals surface area contributed by atoms with Crippen molar-refractivity contribution in [3.8, 4) is 0 Å². The molecular formula is C20H39IN6O2. The van der Waals surface area contributed by atoms with E-state index in [0.717, 1.165) is 70.8 Å². The summed E-state index contributed by atoms with van der Waals surface area (Å²) >= 11 is 0. The first kappa shape index (κ1) is 24.6. The zero-order valence-corrected chi connectivity index (χ0v) is 20.6. The molecule has 0 aromatic carbocycles. The Balaban J connectivity index is 0.00000300. The standard InChI is InChI=1S/C20H38N6O2.HI/c1-16-13-17(15-26(16)18-5-6-18)23-20(22-14-19(27)24(2)3)21-7-4-8-25-9-11-28-12-10-25;/h16-18H,4-15H2,1-3H3,(H2,21,22,23);1H. The highest BCUT2D eigenvalue weighted by Gasteiger charge is 2.38. The molecule has 0 aromatic heterocycles. The number of halogens is 1. The summed E-state index contributed by atoms with van der Waals surface area (Å²) in [5.74, 6) is 0.792. The molecule has 0 aromatic rings. The van der Waals surface area contributed by atoms with Crippen molar-refractivity contribution in [1.82, 2.24) is 25.3 Å². The van der Waals surface area contributed by atoms with Crippen LogP contribution in [0.25, 0.3) is 0 Å². The Morgan fingerprint density at radius 2 is 1.97 bits per heavy atom. The second-order valence-corrected chi connectivity index (χ2v) is 8.54. The van der Waals surface area contributed by atoms with Crippen LogP contribution in [0.4, 0.5) is 0 Å². The van der Waals surface area contributed by atoms with E-state index in [1.54, 1.807) is 19.0 Å². The second-order valence-electron chi connectivity index (χ2n) is 8.54. The van der Waals surface area contributed by atoms with Gasteiger partial charge in [0, 0.05) is 58.4 Å². The fraction of sp³-hybridized carbons (Fsp3) is 0.900. The van der Waals surface area contributed by atoms with Gasteiger partial charge in [0.2, 0.25) is 5.91 Å². The van der Waals surface area contributed by atoms with E-state index < -0.39 is 0 Å². The maximum absolute atomic E-state index is 12.0. The average molecular weight is 522 g/mol. The molecule has 2 aliphatic heterocycles. The smallest absolute Gasteiger partial charge is 0.243 e. The number of nitrogens with one attached hydrogen (secondary N) is 2. The van der Waals surface area contributed by atoms with Gasteiger partial charge in [0.1, 0.15) is 6.54 Å². The van der Waals surface area contributed by atoms with Crippen LogP contribution in [0.2, 0.25) is 0 Å². The maximum Gasteiger partial charge on any atom is 0.243 e. The predicted molar refractivity (Wildman–Crippen MR) is 127 cm³/mol. The average Bonchev–Trinajstić information content (AvgIpc) is 3.46. The summed E-state index contributed by atoms with van der Waals surface area (Å²) in [5, 5.41) is 7.03. The molecule has 1 saturated carbocycles. The summed E-state index contributed by atoms with van der Waals surface area (Å²) in [6, 6.07) is 1.81. The topological polar surface area (TPSA) is 72.4 Å². The first-order valence-electron chi connectivity index (χ1n) is 10.8. The summed E-state index contributed by atoms with van der Waals surface area (Å²) in [5.41, 5.74) is 0. The lowest BCUT2D eigenvalue weighted by atomic mass is 10.2. The normalized spacial score (nSPS) is 26.1. The zero-order chi connectivity index (χ0) is 19.9. The predicted octanol–water partition coefficient (Wildman–Crippen LogP) is 0.575. The zero-order valence-electron chi connectivity index (χ0n) is 18.2. The van der Waals surface area contributed by atoms with Gasteiger partial charge in [-0.1, -0.05) is 0 Å². The SMILES string of the molecule is CC1CC(NC(=NCC(=O)N(C)C)NCCCN2CCOCC2)CN1C1CC1.I. The van der Waals surface area contributed by atoms with Gasteiger partial charge in [-0.3, -0.25) is 14.6 Å². The van der Waals surface area contributed by atoms with Crippen molar-refractivity contribution in [2.75, 3.05) is 66.6 Å². The monoisotopic (exact) mass is 522 g/mol. The lowest BCUT2D eigenvalue weighted by Gasteiger charge is -2.26. The van der Waals surface area contributed by atoms with Gasteiger partial charge in [-0.05, 0) is 39.2 Å². The number of rotatable bonds is 8. The van der Waals surface area contributed by atoms with Gasteiger partial charge in [-0.2, -0.15) is 0 Å². The van der Waals surface area contributed by atoms with Gasteiger partial charge >= 0.3 is 0 Å². The Bertz CT molecular complexity index is 537. The van der Waals surface area contributed by atoms with Crippen molar-refractivity contribution >= 4 is 35.8 Å². The third-order valence-corrected chi connectivity index (χ3v) is 5.90. The molecule has 3 fully saturated rings. The van der Waals surface area contributed by atoms with Gasteiger partial charge in [0.25, 0.3) is 0 Å². The number of guanidine groups is 1. The van der Waals surface area contributed by atoms with Gasteiger partial charge in [0.05, 0.1) is 13.2 Å². The molecule has 3 aliphatic rings. The molecule has 2 N–H and O–H groups in total. The number of hydrogen-bond acceptors (Lipinski definition) is 5. The number of amides is 1. The molecule has 3 rings (SSSR count). The molecular weight excluding hydrogens is 483 g/mol. The molecule has 2 saturated heterocycles. The maximum atomic E-state index is 12.0. The Labute approximate surface area is 192 Å². The van der Waals surface area contributed by atoms with Crippen LogP contribution in [-0.4, -0.2) is 111 Å². The molecule has 1 amide bonds. The number of hydrogen-bond donors (Lipinski definition) is 2. The highest BCUT2D eigenvalue weighted by Crippen LogP contribution is 2.33. The summed E-state index contributed by atoms with van der Waals surface area (Å²) < 4.78 is 5.40. The molecule has 2 heterocycles. The van der Waals surface area contributed by atoms with Crippen molar-refractivity contribution < 1.29 is 9.53 Å². The lowest BCUT2D eigenvalue weighted by molar-refractivity contribution is -0.127. The number of carbonyl (C=O) groups excluding carboxylic acids is 1. The van der Waals surface area contributed by atoms with Crippen LogP contribution < -0.4 is 10.6 Å². The van der Waals surface area contributed by atoms with Crippen LogP contribution in [0.1, 0.15) is 32.6 Å². The van der Waals surface area contributed by atoms with Gasteiger partial charge in [-0.15, -0.1) is 24.0 Å². The van der Waals surface area contributed by atoms with Crippen molar-refractivity contribution in [2.24, 2.45) is 4.99 Å². The van der Waals surface area contributed by atoms with Crippen LogP contribution in [-0.2, 0) is 9.53 Å². The van der Waals surface area contributed by atoms with Crippen LogP contribution in [0.15, 0.2) is 4.99 Å². The summed E-state index contributed by atoms with van der Waals surface area (Å²) in [6.07, 6.45) is 4.87. The molecule has 2 unspecified atom stereocenters. The summed E-state index contributed by atoms with van der Waals surface area (Å²) in [7, 11) is 3.54. The van der Waals surface area contributed by atoms with Crippen LogP contribution >= 0.6 is 24.0 Å². The van der Waals surface area contributed by atoms with E-state index in [9.17, 15) is 4.79 Å². The summed E-state index contributed by atoms with van der Waals surface area (Å²) in [4.78, 5) is 23.2. The fourth-order valence-electron chi connectivity index (χ4n) is 4.04. The van der Waals surface area contributed by atoms with Crippen LogP contribution in [0, 0.1) is 0 Å². The highest BCUT2D eigenvalue weighted by atomic mass is 127. The third-order valence-electron chi connectivity index (χ3n) is 5.90. The quantitative estimate of drug-likeness (QED) is 0.210. The van der Waals surface area contributed by atoms with E-state index in [1.807, 2.05) is 0 Å². The fourth-order valence-corrected chi connectivity index (χ4v) is 4.04. The number of carbonyl (C=O) groups is 1. The van der Waals surface area contributed by atoms with Crippen molar-refractivity contribution in [3.05, 3.63) is 0 Å². The number of likely N-dealkylation sites (N-methyl/N-ethyl adjacent to an activating group) is 1. The minimum Gasteiger partial charge on any atom is -0.379 e. The molecule has 0 bridgehead atoms. The molecule has 29 heavy (non-hydrogen) atoms. The van der Waals surface area contributed by atoms with E-state index in [1.165, 1.54) is 12.8 Å². The highest BCUT2D eigenvalue weighted by molar-refractivity contribution is 14.0. The second kappa shape index (κ2) is 12.3. The number of ether oxygens (including phenoxy) is 1. The first-order chi connectivity index (χ1) is 13.5. The number of aliphatic imine (C=N–C) groups is 1. The minimum absolute atomic E-state index is 0. The number of likely N-dealkylation sites (tertiary alicyclic amines) is 1. The van der Waals surface area contributed by atoms with E-state index in [0.29, 0.717) is 12.1 Å². The summed E-state index contributed by atoms with van der Waals surface area (Å²) in [6.45, 7) is 9.22. The molecule has 1 aliphatic carbocycles. The molecule has 0 spiro atoms. The Morgan fingerprint density at radius 1 is 1.24 bits per heavy atom. The van der Waals surface area contributed by atoms with Crippen molar-refractivity contribution in [1.29, 1.82) is 0 Å². The third kappa shape index (κ3) is 8.18. The Morgan fingerprint density at radius 3 is 2.62 bits per heavy atom. The van der Waals surface area contributed by atoms with Gasteiger partial charge in [-0.25, -0.2) is 4.99 Å². The molecule has 2 atom stereocenters.